The summed E-state index contributed by atoms with van der Waals surface area (Å²) in [6.07, 6.45) is 8.07. The number of aryl methyl sites for hydroxylation is 1. The van der Waals surface area contributed by atoms with Gasteiger partial charge in [-0.15, -0.1) is 10.2 Å². The molecule has 1 saturated carbocycles. The number of nitrogens with one attached hydrogen (secondary N) is 1. The fourth-order valence-corrected chi connectivity index (χ4v) is 2.79. The van der Waals surface area contributed by atoms with Crippen molar-refractivity contribution in [3.8, 4) is 0 Å². The highest BCUT2D eigenvalue weighted by molar-refractivity contribution is 4.87. The molecule has 1 N–H and O–H groups in total. The number of rotatable bonds is 4. The van der Waals surface area contributed by atoms with Gasteiger partial charge in [0.25, 0.3) is 0 Å². The molecule has 0 amide bonds. The lowest BCUT2D eigenvalue weighted by molar-refractivity contribution is 0.199. The van der Waals surface area contributed by atoms with Gasteiger partial charge in [-0.1, -0.05) is 20.3 Å². The summed E-state index contributed by atoms with van der Waals surface area (Å²) in [6, 6.07) is 0.687. The van der Waals surface area contributed by atoms with Gasteiger partial charge in [-0.05, 0) is 24.7 Å². The third-order valence-corrected chi connectivity index (χ3v) is 3.79. The van der Waals surface area contributed by atoms with Crippen LogP contribution in [-0.2, 0) is 13.5 Å². The molecule has 0 spiro atoms. The maximum Gasteiger partial charge on any atom is 0.133 e. The number of hydrogen-bond acceptors (Lipinski definition) is 3. The van der Waals surface area contributed by atoms with Gasteiger partial charge in [-0.2, -0.15) is 0 Å². The summed E-state index contributed by atoms with van der Waals surface area (Å²) in [5, 5.41) is 11.7. The largest absolute Gasteiger partial charge is 0.321 e. The summed E-state index contributed by atoms with van der Waals surface area (Å²) in [7, 11) is 2.00. The van der Waals surface area contributed by atoms with Gasteiger partial charge in [-0.25, -0.2) is 0 Å². The molecule has 0 radical (unpaired) electrons. The first-order valence-electron chi connectivity index (χ1n) is 6.63. The number of hydrogen-bond donors (Lipinski definition) is 1. The van der Waals surface area contributed by atoms with Crippen LogP contribution in [0, 0.1) is 5.41 Å². The first kappa shape index (κ1) is 12.6. The van der Waals surface area contributed by atoms with E-state index >= 15 is 0 Å². The molecule has 96 valence electrons. The Morgan fingerprint density at radius 3 is 3.00 bits per heavy atom. The van der Waals surface area contributed by atoms with E-state index in [1.807, 2.05) is 11.6 Å². The fraction of sp³-hybridized carbons (Fsp3) is 0.846. The summed E-state index contributed by atoms with van der Waals surface area (Å²) < 4.78 is 1.99. The molecule has 17 heavy (non-hydrogen) atoms. The predicted molar refractivity (Wildman–Crippen MR) is 68.7 cm³/mol. The van der Waals surface area contributed by atoms with Crippen LogP contribution in [0.4, 0.5) is 0 Å². The summed E-state index contributed by atoms with van der Waals surface area (Å²) in [5.74, 6) is 1.06. The van der Waals surface area contributed by atoms with Crippen molar-refractivity contribution in [1.82, 2.24) is 20.1 Å². The summed E-state index contributed by atoms with van der Waals surface area (Å²) in [6.45, 7) is 5.76. The number of aromatic nitrogens is 3. The maximum absolute atomic E-state index is 4.10. The molecule has 0 aliphatic heterocycles. The Labute approximate surface area is 104 Å². The zero-order chi connectivity index (χ0) is 12.3. The van der Waals surface area contributed by atoms with Crippen LogP contribution in [0.15, 0.2) is 6.33 Å². The fourth-order valence-electron chi connectivity index (χ4n) is 2.79. The van der Waals surface area contributed by atoms with Crippen molar-refractivity contribution < 1.29 is 0 Å². The molecule has 1 unspecified atom stereocenters. The van der Waals surface area contributed by atoms with Gasteiger partial charge in [0.05, 0.1) is 0 Å². The third kappa shape index (κ3) is 3.53. The van der Waals surface area contributed by atoms with Crippen molar-refractivity contribution in [2.75, 3.05) is 6.54 Å². The van der Waals surface area contributed by atoms with Crippen LogP contribution in [0.1, 0.15) is 45.4 Å². The molecule has 2 rings (SSSR count). The van der Waals surface area contributed by atoms with Gasteiger partial charge in [0.2, 0.25) is 0 Å². The van der Waals surface area contributed by atoms with E-state index < -0.39 is 0 Å². The topological polar surface area (TPSA) is 42.7 Å². The van der Waals surface area contributed by atoms with Crippen LogP contribution in [0.25, 0.3) is 0 Å². The van der Waals surface area contributed by atoms with Crippen LogP contribution >= 0.6 is 0 Å². The molecule has 4 heteroatoms. The minimum Gasteiger partial charge on any atom is -0.321 e. The van der Waals surface area contributed by atoms with Crippen molar-refractivity contribution in [2.45, 2.75) is 52.0 Å². The first-order chi connectivity index (χ1) is 8.07. The van der Waals surface area contributed by atoms with Crippen molar-refractivity contribution in [2.24, 2.45) is 12.5 Å². The Bertz CT molecular complexity index is 356. The molecule has 1 atom stereocenters. The molecule has 1 aromatic rings. The molecule has 4 nitrogen and oxygen atoms in total. The quantitative estimate of drug-likeness (QED) is 0.868. The van der Waals surface area contributed by atoms with E-state index in [0.717, 1.165) is 18.8 Å². The zero-order valence-corrected chi connectivity index (χ0v) is 11.2. The average molecular weight is 236 g/mol. The monoisotopic (exact) mass is 236 g/mol. The highest BCUT2D eigenvalue weighted by Gasteiger charge is 2.27. The second-order valence-electron chi connectivity index (χ2n) is 6.02. The molecule has 1 fully saturated rings. The predicted octanol–water partition coefficient (Wildman–Crippen LogP) is 1.92. The maximum atomic E-state index is 4.10. The average Bonchev–Trinajstić information content (AvgIpc) is 2.63. The Kier molecular flexibility index (Phi) is 3.82. The van der Waals surface area contributed by atoms with Gasteiger partial charge in [0.15, 0.2) is 0 Å². The molecule has 0 bridgehead atoms. The summed E-state index contributed by atoms with van der Waals surface area (Å²) >= 11 is 0. The molecule has 0 saturated heterocycles. The minimum atomic E-state index is 0.515. The molecular formula is C13H24N4. The van der Waals surface area contributed by atoms with Crippen LogP contribution in [-0.4, -0.2) is 27.4 Å². The van der Waals surface area contributed by atoms with Gasteiger partial charge in [0, 0.05) is 26.1 Å². The molecule has 1 aromatic heterocycles. The van der Waals surface area contributed by atoms with Gasteiger partial charge < -0.3 is 9.88 Å². The van der Waals surface area contributed by atoms with Crippen molar-refractivity contribution in [3.63, 3.8) is 0 Å². The number of nitrogens with zero attached hydrogens (tertiary/aromatic N) is 3. The van der Waals surface area contributed by atoms with Gasteiger partial charge in [-0.3, -0.25) is 0 Å². The molecule has 1 heterocycles. The normalized spacial score (nSPS) is 23.8. The Hall–Kier alpha value is -0.900. The summed E-state index contributed by atoms with van der Waals surface area (Å²) in [5.41, 5.74) is 0.515. The SMILES string of the molecule is Cn1cnnc1CCNC1CCCC(C)(C)C1. The lowest BCUT2D eigenvalue weighted by Crippen LogP contribution is -2.38. The molecule has 0 aromatic carbocycles. The molecular weight excluding hydrogens is 212 g/mol. The van der Waals surface area contributed by atoms with Gasteiger partial charge >= 0.3 is 0 Å². The van der Waals surface area contributed by atoms with Crippen LogP contribution < -0.4 is 5.32 Å². The van der Waals surface area contributed by atoms with E-state index in [-0.39, 0.29) is 0 Å². The van der Waals surface area contributed by atoms with Crippen LogP contribution in [0.2, 0.25) is 0 Å². The van der Waals surface area contributed by atoms with E-state index in [0.29, 0.717) is 11.5 Å². The van der Waals surface area contributed by atoms with Crippen molar-refractivity contribution in [3.05, 3.63) is 12.2 Å². The van der Waals surface area contributed by atoms with Crippen molar-refractivity contribution >= 4 is 0 Å². The summed E-state index contributed by atoms with van der Waals surface area (Å²) in [4.78, 5) is 0. The van der Waals surface area contributed by atoms with E-state index in [1.54, 1.807) is 6.33 Å². The van der Waals surface area contributed by atoms with E-state index in [2.05, 4.69) is 29.4 Å². The Morgan fingerprint density at radius 2 is 2.35 bits per heavy atom. The van der Waals surface area contributed by atoms with Crippen molar-refractivity contribution in [1.29, 1.82) is 0 Å². The standard InChI is InChI=1S/C13H24N4/c1-13(2)7-4-5-11(9-13)14-8-6-12-16-15-10-17(12)3/h10-11,14H,4-9H2,1-3H3. The lowest BCUT2D eigenvalue weighted by Gasteiger charge is -2.35. The second-order valence-corrected chi connectivity index (χ2v) is 6.02. The molecule has 1 aliphatic carbocycles. The second kappa shape index (κ2) is 5.17. The first-order valence-corrected chi connectivity index (χ1v) is 6.63. The smallest absolute Gasteiger partial charge is 0.133 e. The lowest BCUT2D eigenvalue weighted by atomic mass is 9.75. The Morgan fingerprint density at radius 1 is 1.53 bits per heavy atom. The van der Waals surface area contributed by atoms with E-state index in [9.17, 15) is 0 Å². The van der Waals surface area contributed by atoms with Gasteiger partial charge in [0.1, 0.15) is 12.2 Å². The Balaban J connectivity index is 1.74. The molecule has 1 aliphatic rings. The minimum absolute atomic E-state index is 0.515. The van der Waals surface area contributed by atoms with Crippen LogP contribution in [0.3, 0.4) is 0 Å². The highest BCUT2D eigenvalue weighted by atomic mass is 15.2. The third-order valence-electron chi connectivity index (χ3n) is 3.79. The van der Waals surface area contributed by atoms with E-state index in [1.165, 1.54) is 25.7 Å². The van der Waals surface area contributed by atoms with Crippen LogP contribution in [0.5, 0.6) is 0 Å². The van der Waals surface area contributed by atoms with E-state index in [4.69, 9.17) is 0 Å². The highest BCUT2D eigenvalue weighted by Crippen LogP contribution is 2.34. The zero-order valence-electron chi connectivity index (χ0n) is 11.2.